The van der Waals surface area contributed by atoms with E-state index < -0.39 is 80.7 Å². The van der Waals surface area contributed by atoms with Gasteiger partial charge in [0, 0.05) is 6.92 Å². The number of amides is 1. The summed E-state index contributed by atoms with van der Waals surface area (Å²) in [5.41, 5.74) is 0. The number of hydrogen-bond acceptors (Lipinski definition) is 9. The second kappa shape index (κ2) is 10.5. The Bertz CT molecular complexity index is 607. The molecule has 1 aliphatic rings. The standard InChI is InChI=1S/C14H20ClNO9/c1-9(20)16-13-12(24-7-4-19)11(23-6-3-18)10(8-22-5-2-17)25-14(13,15)21/h2-4,10-13,21H,5-8H2,1H3,(H,16,20)/t10-,11-,12+,13-,14?/m1/s1/i2D,3D,4D. The van der Waals surface area contributed by atoms with Crippen molar-refractivity contribution in [2.75, 3.05) is 26.4 Å². The molecule has 1 saturated heterocycles. The van der Waals surface area contributed by atoms with Gasteiger partial charge < -0.3 is 43.8 Å². The summed E-state index contributed by atoms with van der Waals surface area (Å²) in [4.78, 5) is 44.2. The Morgan fingerprint density at radius 1 is 1.24 bits per heavy atom. The molecular weight excluding hydrogens is 362 g/mol. The number of alkyl halides is 1. The van der Waals surface area contributed by atoms with Crippen LogP contribution in [0.5, 0.6) is 0 Å². The maximum Gasteiger partial charge on any atom is 0.270 e. The van der Waals surface area contributed by atoms with Gasteiger partial charge in [0.05, 0.1) is 6.61 Å². The number of aldehydes is 3. The second-order valence-electron chi connectivity index (χ2n) is 4.94. The van der Waals surface area contributed by atoms with Crippen molar-refractivity contribution in [2.45, 2.75) is 36.5 Å². The molecule has 0 saturated carbocycles. The molecule has 1 unspecified atom stereocenters. The lowest BCUT2D eigenvalue weighted by Crippen LogP contribution is -2.69. The molecule has 1 heterocycles. The highest BCUT2D eigenvalue weighted by Gasteiger charge is 2.55. The number of nitrogens with one attached hydrogen (secondary N) is 1. The lowest BCUT2D eigenvalue weighted by molar-refractivity contribution is -0.291. The van der Waals surface area contributed by atoms with Gasteiger partial charge in [-0.25, -0.2) is 0 Å². The molecule has 1 rings (SSSR count). The van der Waals surface area contributed by atoms with Crippen LogP contribution in [0.4, 0.5) is 0 Å². The van der Waals surface area contributed by atoms with E-state index in [2.05, 4.69) is 5.32 Å². The Morgan fingerprint density at radius 3 is 2.32 bits per heavy atom. The number of carbonyl (C=O) groups excluding carboxylic acids is 4. The summed E-state index contributed by atoms with van der Waals surface area (Å²) in [6.07, 6.45) is -7.26. The molecule has 10 nitrogen and oxygen atoms in total. The van der Waals surface area contributed by atoms with Crippen LogP contribution in [-0.4, -0.2) is 85.8 Å². The molecule has 0 aromatic carbocycles. The van der Waals surface area contributed by atoms with Gasteiger partial charge in [0.1, 0.15) is 67.1 Å². The smallest absolute Gasteiger partial charge is 0.270 e. The van der Waals surface area contributed by atoms with Crippen molar-refractivity contribution in [1.29, 1.82) is 0 Å². The van der Waals surface area contributed by atoms with E-state index in [0.29, 0.717) is 0 Å². The summed E-state index contributed by atoms with van der Waals surface area (Å²) in [7, 11) is 0. The maximum absolute atomic E-state index is 11.5. The maximum atomic E-state index is 11.5. The van der Waals surface area contributed by atoms with Gasteiger partial charge in [0.25, 0.3) is 5.25 Å². The Kier molecular flexibility index (Phi) is 7.17. The molecule has 0 bridgehead atoms. The fourth-order valence-corrected chi connectivity index (χ4v) is 2.64. The van der Waals surface area contributed by atoms with Crippen LogP contribution in [0.1, 0.15) is 11.0 Å². The monoisotopic (exact) mass is 384 g/mol. The first-order chi connectivity index (χ1) is 12.9. The molecule has 1 amide bonds. The minimum absolute atomic E-state index is 0.446. The molecule has 0 aliphatic carbocycles. The average molecular weight is 385 g/mol. The third-order valence-electron chi connectivity index (χ3n) is 3.19. The molecule has 1 fully saturated rings. The van der Waals surface area contributed by atoms with Crippen LogP contribution in [0.15, 0.2) is 0 Å². The predicted molar refractivity (Wildman–Crippen MR) is 81.8 cm³/mol. The van der Waals surface area contributed by atoms with Crippen LogP contribution in [0, 0.1) is 0 Å². The van der Waals surface area contributed by atoms with Crippen LogP contribution < -0.4 is 5.32 Å². The largest absolute Gasteiger partial charge is 0.371 e. The Labute approximate surface area is 152 Å². The zero-order valence-corrected chi connectivity index (χ0v) is 14.0. The van der Waals surface area contributed by atoms with Crippen LogP contribution in [0.3, 0.4) is 0 Å². The first-order valence-corrected chi connectivity index (χ1v) is 7.47. The first-order valence-electron chi connectivity index (χ1n) is 8.59. The number of carbonyl (C=O) groups is 4. The molecule has 5 atom stereocenters. The fraction of sp³-hybridized carbons (Fsp3) is 0.714. The van der Waals surface area contributed by atoms with Crippen molar-refractivity contribution in [1.82, 2.24) is 5.32 Å². The molecule has 1 aliphatic heterocycles. The number of aliphatic hydroxyl groups is 1. The van der Waals surface area contributed by atoms with Gasteiger partial charge in [-0.1, -0.05) is 11.6 Å². The normalized spacial score (nSPS) is 33.6. The summed E-state index contributed by atoms with van der Waals surface area (Å²) in [6, 6.07) is -1.49. The van der Waals surface area contributed by atoms with E-state index in [0.717, 1.165) is 6.92 Å². The third-order valence-corrected chi connectivity index (χ3v) is 3.51. The summed E-state index contributed by atoms with van der Waals surface area (Å²) in [5.74, 6) is -0.650. The Hall–Kier alpha value is -1.43. The molecule has 142 valence electrons. The zero-order chi connectivity index (χ0) is 21.5. The van der Waals surface area contributed by atoms with E-state index in [9.17, 15) is 24.3 Å². The van der Waals surface area contributed by atoms with Gasteiger partial charge in [-0.05, 0) is 0 Å². The molecule has 0 spiro atoms. The molecule has 0 aromatic rings. The average Bonchev–Trinajstić information content (AvgIpc) is 2.53. The molecule has 25 heavy (non-hydrogen) atoms. The minimum Gasteiger partial charge on any atom is -0.371 e. The SMILES string of the molecule is [2H]C(=O)COC[C@H]1OC(O)(Cl)[C@H](NC(C)=O)[C@@H](OCC([2H])=O)[C@@H]1OCC([2H])=O. The van der Waals surface area contributed by atoms with Gasteiger partial charge in [0.15, 0.2) is 0 Å². The van der Waals surface area contributed by atoms with Crippen molar-refractivity contribution >= 4 is 36.3 Å². The van der Waals surface area contributed by atoms with Crippen molar-refractivity contribution < 1.29 is 47.3 Å². The predicted octanol–water partition coefficient (Wildman–Crippen LogP) is -1.84. The van der Waals surface area contributed by atoms with Gasteiger partial charge in [0.2, 0.25) is 5.91 Å². The van der Waals surface area contributed by atoms with Crippen molar-refractivity contribution in [2.24, 2.45) is 0 Å². The number of hydrogen-bond donors (Lipinski definition) is 2. The van der Waals surface area contributed by atoms with E-state index in [1.165, 1.54) is 0 Å². The zero-order valence-electron chi connectivity index (χ0n) is 16.2. The highest BCUT2D eigenvalue weighted by Crippen LogP contribution is 2.34. The Morgan fingerprint density at radius 2 is 1.80 bits per heavy atom. The second-order valence-corrected chi connectivity index (χ2v) is 5.48. The summed E-state index contributed by atoms with van der Waals surface area (Å²) in [5, 5.41) is 10.1. The highest BCUT2D eigenvalue weighted by molar-refractivity contribution is 6.22. The van der Waals surface area contributed by atoms with E-state index in [1.54, 1.807) is 0 Å². The fourth-order valence-electron chi connectivity index (χ4n) is 2.35. The molecular formula is C14H20ClNO9. The summed E-state index contributed by atoms with van der Waals surface area (Å²) in [6.45, 7) is -1.45. The van der Waals surface area contributed by atoms with Gasteiger partial charge in [-0.2, -0.15) is 0 Å². The first kappa shape index (κ1) is 17.0. The van der Waals surface area contributed by atoms with Crippen LogP contribution >= 0.6 is 11.6 Å². The number of rotatable bonds is 11. The quantitative estimate of drug-likeness (QED) is 0.311. The van der Waals surface area contributed by atoms with Gasteiger partial charge in [-0.3, -0.25) is 4.79 Å². The van der Waals surface area contributed by atoms with Gasteiger partial charge in [-0.15, -0.1) is 0 Å². The van der Waals surface area contributed by atoms with E-state index in [1.807, 2.05) is 0 Å². The Balaban J connectivity index is 3.16. The highest BCUT2D eigenvalue weighted by atomic mass is 35.5. The van der Waals surface area contributed by atoms with Crippen molar-refractivity contribution in [3.63, 3.8) is 0 Å². The minimum atomic E-state index is -2.56. The molecule has 0 radical (unpaired) electrons. The van der Waals surface area contributed by atoms with Crippen molar-refractivity contribution in [3.8, 4) is 0 Å². The van der Waals surface area contributed by atoms with E-state index >= 15 is 0 Å². The van der Waals surface area contributed by atoms with Crippen molar-refractivity contribution in [3.05, 3.63) is 0 Å². The number of ether oxygens (including phenoxy) is 4. The molecule has 2 N–H and O–H groups in total. The van der Waals surface area contributed by atoms with E-state index in [-0.39, 0.29) is 0 Å². The molecule has 0 aromatic heterocycles. The lowest BCUT2D eigenvalue weighted by Gasteiger charge is -2.47. The summed E-state index contributed by atoms with van der Waals surface area (Å²) < 4.78 is 41.5. The van der Waals surface area contributed by atoms with Crippen LogP contribution in [-0.2, 0) is 38.1 Å². The molecule has 11 heteroatoms. The van der Waals surface area contributed by atoms with E-state index in [4.69, 9.17) is 34.7 Å². The van der Waals surface area contributed by atoms with Gasteiger partial charge >= 0.3 is 0 Å². The topological polar surface area (TPSA) is 137 Å². The third kappa shape index (κ3) is 6.42. The lowest BCUT2D eigenvalue weighted by atomic mass is 9.96. The van der Waals surface area contributed by atoms with Crippen LogP contribution in [0.2, 0.25) is 0 Å². The van der Waals surface area contributed by atoms with Crippen LogP contribution in [0.25, 0.3) is 0 Å². The summed E-state index contributed by atoms with van der Waals surface area (Å²) >= 11 is 5.94. The number of halogens is 1.